The van der Waals surface area contributed by atoms with Gasteiger partial charge in [0.2, 0.25) is 5.91 Å². The van der Waals surface area contributed by atoms with Gasteiger partial charge < -0.3 is 19.8 Å². The van der Waals surface area contributed by atoms with Gasteiger partial charge in [-0.25, -0.2) is 4.57 Å². The fourth-order valence-electron chi connectivity index (χ4n) is 6.24. The molecule has 8 nitrogen and oxygen atoms in total. The lowest BCUT2D eigenvalue weighted by molar-refractivity contribution is -0.870. The van der Waals surface area contributed by atoms with Crippen LogP contribution in [0.25, 0.3) is 0 Å². The number of aliphatic hydroxyl groups is 1. The number of nitrogens with one attached hydrogen (secondary N) is 1. The average Bonchev–Trinajstić information content (AvgIpc) is 3.17. The number of likely N-dealkylation sites (N-methyl/N-ethyl adjacent to an activating group) is 1. The predicted molar refractivity (Wildman–Crippen MR) is 249 cm³/mol. The van der Waals surface area contributed by atoms with Gasteiger partial charge in [-0.2, -0.15) is 0 Å². The van der Waals surface area contributed by atoms with Crippen molar-refractivity contribution >= 4 is 13.7 Å². The number of phosphoric acid groups is 1. The molecular weight excluding hydrogens is 744 g/mol. The summed E-state index contributed by atoms with van der Waals surface area (Å²) in [5.41, 5.74) is 0. The van der Waals surface area contributed by atoms with E-state index >= 15 is 0 Å². The molecule has 336 valence electrons. The van der Waals surface area contributed by atoms with Crippen LogP contribution in [0.5, 0.6) is 0 Å². The zero-order valence-electron chi connectivity index (χ0n) is 38.0. The number of allylic oxidation sites excluding steroid dienone is 11. The zero-order chi connectivity index (χ0) is 42.8. The molecule has 0 aliphatic carbocycles. The Balaban J connectivity index is 4.17. The molecule has 3 atom stereocenters. The van der Waals surface area contributed by atoms with Crippen molar-refractivity contribution in [2.75, 3.05) is 40.9 Å². The van der Waals surface area contributed by atoms with E-state index in [-0.39, 0.29) is 19.1 Å². The highest BCUT2D eigenvalue weighted by atomic mass is 31.2. The van der Waals surface area contributed by atoms with Crippen LogP contribution in [0.15, 0.2) is 72.9 Å². The highest BCUT2D eigenvalue weighted by Crippen LogP contribution is 2.43. The maximum absolute atomic E-state index is 12.9. The monoisotopic (exact) mass is 834 g/mol. The quantitative estimate of drug-likeness (QED) is 0.0245. The highest BCUT2D eigenvalue weighted by Gasteiger charge is 2.27. The van der Waals surface area contributed by atoms with Crippen LogP contribution in [0.2, 0.25) is 0 Å². The lowest BCUT2D eigenvalue weighted by Crippen LogP contribution is -2.45. The van der Waals surface area contributed by atoms with Crippen LogP contribution >= 0.6 is 7.82 Å². The van der Waals surface area contributed by atoms with Gasteiger partial charge in [0.1, 0.15) is 13.2 Å². The summed E-state index contributed by atoms with van der Waals surface area (Å²) < 4.78 is 23.5. The molecule has 0 aromatic heterocycles. The number of carbonyl (C=O) groups is 1. The lowest BCUT2D eigenvalue weighted by atomic mass is 10.0. The van der Waals surface area contributed by atoms with E-state index in [0.29, 0.717) is 17.4 Å². The molecule has 3 N–H and O–H groups in total. The summed E-state index contributed by atoms with van der Waals surface area (Å²) in [6.07, 6.45) is 54.1. The van der Waals surface area contributed by atoms with Crippen LogP contribution in [-0.2, 0) is 18.4 Å². The Morgan fingerprint density at radius 1 is 0.603 bits per heavy atom. The fraction of sp³-hybridized carbons (Fsp3) is 0.735. The molecule has 0 spiro atoms. The van der Waals surface area contributed by atoms with Gasteiger partial charge in [0.25, 0.3) is 0 Å². The predicted octanol–water partition coefficient (Wildman–Crippen LogP) is 13.2. The number of carbonyl (C=O) groups excluding carboxylic acids is 1. The van der Waals surface area contributed by atoms with Gasteiger partial charge in [0, 0.05) is 6.42 Å². The number of hydrogen-bond acceptors (Lipinski definition) is 5. The van der Waals surface area contributed by atoms with E-state index < -0.39 is 20.0 Å². The molecule has 0 aliphatic rings. The standard InChI is InChI=1S/C49H89N2O6P/c1-6-8-10-12-14-16-17-18-19-20-21-22-23-24-25-26-27-28-29-30-31-32-33-35-37-39-41-43-49(53)50-47(46-57-58(54,55)56-45-44-51(3,4)5)48(52)42-40-38-36-34-15-13-11-9-7-2/h8,10,14,16,18-19,21-22,24-25,40,42,47-48,52H,6-7,9,11-13,15,17,20,23,26-39,41,43-46H2,1-5H3,(H-,50,53,54,55)/p+1/b10-8-,16-14-,19-18-,22-21-,25-24-,42-40+. The smallest absolute Gasteiger partial charge is 0.387 e. The highest BCUT2D eigenvalue weighted by molar-refractivity contribution is 7.47. The van der Waals surface area contributed by atoms with E-state index in [4.69, 9.17) is 9.05 Å². The minimum absolute atomic E-state index is 0.0577. The van der Waals surface area contributed by atoms with Gasteiger partial charge >= 0.3 is 7.82 Å². The molecule has 0 bridgehead atoms. The number of quaternary nitrogens is 1. The van der Waals surface area contributed by atoms with Gasteiger partial charge in [0.15, 0.2) is 0 Å². The second-order valence-corrected chi connectivity index (χ2v) is 18.2. The molecule has 1 amide bonds. The molecule has 0 aromatic carbocycles. The Bertz CT molecular complexity index is 1170. The number of nitrogens with zero attached hydrogens (tertiary/aromatic N) is 1. The van der Waals surface area contributed by atoms with Crippen LogP contribution in [0.1, 0.15) is 181 Å². The van der Waals surface area contributed by atoms with Crippen molar-refractivity contribution in [1.82, 2.24) is 5.32 Å². The zero-order valence-corrected chi connectivity index (χ0v) is 38.9. The number of hydrogen-bond donors (Lipinski definition) is 3. The summed E-state index contributed by atoms with van der Waals surface area (Å²) in [5.74, 6) is -0.187. The molecule has 3 unspecified atom stereocenters. The molecule has 0 fully saturated rings. The maximum Gasteiger partial charge on any atom is 0.472 e. The van der Waals surface area contributed by atoms with E-state index in [9.17, 15) is 19.4 Å². The van der Waals surface area contributed by atoms with Crippen molar-refractivity contribution < 1.29 is 32.9 Å². The molecule has 9 heteroatoms. The number of rotatable bonds is 41. The van der Waals surface area contributed by atoms with Crippen LogP contribution in [-0.4, -0.2) is 73.4 Å². The maximum atomic E-state index is 12.9. The van der Waals surface area contributed by atoms with E-state index in [1.807, 2.05) is 27.2 Å². The van der Waals surface area contributed by atoms with E-state index in [1.54, 1.807) is 6.08 Å². The summed E-state index contributed by atoms with van der Waals surface area (Å²) in [5, 5.41) is 13.8. The third-order valence-corrected chi connectivity index (χ3v) is 10.9. The first-order chi connectivity index (χ1) is 28.0. The van der Waals surface area contributed by atoms with E-state index in [0.717, 1.165) is 70.6 Å². The minimum atomic E-state index is -4.34. The molecule has 0 aliphatic heterocycles. The summed E-state index contributed by atoms with van der Waals surface area (Å²) in [6.45, 7) is 4.65. The van der Waals surface area contributed by atoms with Crippen LogP contribution < -0.4 is 5.32 Å². The van der Waals surface area contributed by atoms with Gasteiger partial charge in [0.05, 0.1) is 39.9 Å². The third-order valence-electron chi connectivity index (χ3n) is 9.93. The third kappa shape index (κ3) is 42.1. The van der Waals surface area contributed by atoms with Gasteiger partial charge in [-0.15, -0.1) is 0 Å². The second kappa shape index (κ2) is 40.4. The van der Waals surface area contributed by atoms with Crippen molar-refractivity contribution in [1.29, 1.82) is 0 Å². The van der Waals surface area contributed by atoms with Crippen molar-refractivity contribution in [3.8, 4) is 0 Å². The van der Waals surface area contributed by atoms with Crippen LogP contribution in [0, 0.1) is 0 Å². The Kier molecular flexibility index (Phi) is 38.9. The van der Waals surface area contributed by atoms with Crippen molar-refractivity contribution in [3.63, 3.8) is 0 Å². The van der Waals surface area contributed by atoms with Crippen molar-refractivity contribution in [3.05, 3.63) is 72.9 Å². The first-order valence-electron chi connectivity index (χ1n) is 23.3. The van der Waals surface area contributed by atoms with E-state index in [1.165, 1.54) is 89.9 Å². The normalized spacial score (nSPS) is 14.9. The molecular formula is C49H90N2O6P+. The number of unbranched alkanes of at least 4 members (excludes halogenated alkanes) is 18. The number of phosphoric ester groups is 1. The van der Waals surface area contributed by atoms with Crippen molar-refractivity contribution in [2.24, 2.45) is 0 Å². The number of amides is 1. The van der Waals surface area contributed by atoms with Gasteiger partial charge in [-0.05, 0) is 64.2 Å². The van der Waals surface area contributed by atoms with Crippen LogP contribution in [0.4, 0.5) is 0 Å². The summed E-state index contributed by atoms with van der Waals surface area (Å²) in [6, 6.07) is -0.849. The van der Waals surface area contributed by atoms with Crippen molar-refractivity contribution in [2.45, 2.75) is 193 Å². The Labute approximate surface area is 357 Å². The van der Waals surface area contributed by atoms with Gasteiger partial charge in [-0.1, -0.05) is 183 Å². The largest absolute Gasteiger partial charge is 0.472 e. The molecule has 0 rings (SSSR count). The van der Waals surface area contributed by atoms with Gasteiger partial charge in [-0.3, -0.25) is 13.8 Å². The Morgan fingerprint density at radius 3 is 1.52 bits per heavy atom. The average molecular weight is 834 g/mol. The van der Waals surface area contributed by atoms with E-state index in [2.05, 4.69) is 79.9 Å². The molecule has 0 aromatic rings. The summed E-state index contributed by atoms with van der Waals surface area (Å²) in [7, 11) is 1.56. The molecule has 0 heterocycles. The topological polar surface area (TPSA) is 105 Å². The number of aliphatic hydroxyl groups excluding tert-OH is 1. The van der Waals surface area contributed by atoms with Crippen LogP contribution in [0.3, 0.4) is 0 Å². The molecule has 58 heavy (non-hydrogen) atoms. The first kappa shape index (κ1) is 55.9. The molecule has 0 radical (unpaired) electrons. The molecule has 0 saturated carbocycles. The Morgan fingerprint density at radius 2 is 1.03 bits per heavy atom. The second-order valence-electron chi connectivity index (χ2n) is 16.8. The lowest BCUT2D eigenvalue weighted by Gasteiger charge is -2.25. The first-order valence-corrected chi connectivity index (χ1v) is 24.8. The molecule has 0 saturated heterocycles. The fourth-order valence-corrected chi connectivity index (χ4v) is 6.98. The minimum Gasteiger partial charge on any atom is -0.387 e. The summed E-state index contributed by atoms with van der Waals surface area (Å²) >= 11 is 0. The Hall–Kier alpha value is -2.06. The SMILES string of the molecule is CC/C=C\C/C=C\C/C=C\C/C=C\C/C=C\CCCCCCCCCCCCCC(=O)NC(COP(=O)(O)OCC[N+](C)(C)C)C(O)/C=C/CCCCCCCCC. The summed E-state index contributed by atoms with van der Waals surface area (Å²) in [4.78, 5) is 23.1.